The van der Waals surface area contributed by atoms with E-state index in [1.165, 1.54) is 0 Å². The number of amides is 2. The Morgan fingerprint density at radius 2 is 1.91 bits per heavy atom. The normalized spacial score (nSPS) is 15.8. The molecule has 0 saturated carbocycles. The molecule has 0 aromatic carbocycles. The van der Waals surface area contributed by atoms with E-state index in [1.54, 1.807) is 6.20 Å². The zero-order valence-electron chi connectivity index (χ0n) is 12.2. The quantitative estimate of drug-likeness (QED) is 0.748. The Morgan fingerprint density at radius 3 is 2.59 bits per heavy atom. The summed E-state index contributed by atoms with van der Waals surface area (Å²) in [6.45, 7) is 2.15. The first-order chi connectivity index (χ1) is 10.5. The average Bonchev–Trinajstić information content (AvgIpc) is 2.79. The maximum Gasteiger partial charge on any atom is 0.237 e. The van der Waals surface area contributed by atoms with E-state index in [2.05, 4.69) is 4.98 Å². The molecule has 0 radical (unpaired) electrons. The number of nitrogens with zero attached hydrogens (tertiary/aromatic N) is 3. The molecule has 2 aromatic heterocycles. The standard InChI is InChI=1S/C15H19N5O2/c16-13(21)8-19-6-10(7-19)5-12-15-11(1-3-18-12)2-4-20(15)9-14(17)22/h1-4,10H,5-9H2,(H2,16,21)(H2,17,22). The highest BCUT2D eigenvalue weighted by molar-refractivity contribution is 5.84. The van der Waals surface area contributed by atoms with Gasteiger partial charge in [0.25, 0.3) is 0 Å². The van der Waals surface area contributed by atoms with Gasteiger partial charge in [0.15, 0.2) is 0 Å². The fourth-order valence-electron chi connectivity index (χ4n) is 3.10. The molecule has 4 N–H and O–H groups in total. The van der Waals surface area contributed by atoms with Crippen LogP contribution in [-0.2, 0) is 22.6 Å². The molecule has 1 saturated heterocycles. The van der Waals surface area contributed by atoms with Gasteiger partial charge in [-0.25, -0.2) is 0 Å². The molecular weight excluding hydrogens is 282 g/mol. The third-order valence-electron chi connectivity index (χ3n) is 3.97. The number of rotatable bonds is 6. The molecule has 0 aliphatic carbocycles. The number of nitrogens with two attached hydrogens (primary N) is 2. The van der Waals surface area contributed by atoms with Gasteiger partial charge in [-0.05, 0) is 24.5 Å². The molecular formula is C15H19N5O2. The highest BCUT2D eigenvalue weighted by Crippen LogP contribution is 2.24. The summed E-state index contributed by atoms with van der Waals surface area (Å²) in [6.07, 6.45) is 4.46. The molecule has 0 unspecified atom stereocenters. The van der Waals surface area contributed by atoms with Crippen LogP contribution < -0.4 is 11.5 Å². The summed E-state index contributed by atoms with van der Waals surface area (Å²) in [6, 6.07) is 3.89. The maximum absolute atomic E-state index is 11.2. The van der Waals surface area contributed by atoms with Crippen LogP contribution in [0.2, 0.25) is 0 Å². The van der Waals surface area contributed by atoms with Crippen LogP contribution in [0.1, 0.15) is 5.69 Å². The lowest BCUT2D eigenvalue weighted by molar-refractivity contribution is -0.120. The van der Waals surface area contributed by atoms with Gasteiger partial charge in [-0.15, -0.1) is 0 Å². The van der Waals surface area contributed by atoms with Gasteiger partial charge >= 0.3 is 0 Å². The predicted molar refractivity (Wildman–Crippen MR) is 81.8 cm³/mol. The minimum absolute atomic E-state index is 0.153. The molecule has 1 aliphatic rings. The Labute approximate surface area is 127 Å². The van der Waals surface area contributed by atoms with Crippen molar-refractivity contribution >= 4 is 22.7 Å². The van der Waals surface area contributed by atoms with Crippen LogP contribution in [0.4, 0.5) is 0 Å². The highest BCUT2D eigenvalue weighted by Gasteiger charge is 2.28. The van der Waals surface area contributed by atoms with Gasteiger partial charge in [0.2, 0.25) is 11.8 Å². The average molecular weight is 301 g/mol. The molecule has 3 heterocycles. The molecule has 2 aromatic rings. The van der Waals surface area contributed by atoms with E-state index < -0.39 is 0 Å². The van der Waals surface area contributed by atoms with Gasteiger partial charge in [0.1, 0.15) is 6.54 Å². The lowest BCUT2D eigenvalue weighted by Gasteiger charge is -2.38. The summed E-state index contributed by atoms with van der Waals surface area (Å²) < 4.78 is 1.85. The number of hydrogen-bond donors (Lipinski definition) is 2. The van der Waals surface area contributed by atoms with E-state index in [4.69, 9.17) is 11.5 Å². The second-order valence-corrected chi connectivity index (χ2v) is 5.84. The summed E-state index contributed by atoms with van der Waals surface area (Å²) in [7, 11) is 0. The first-order valence-electron chi connectivity index (χ1n) is 7.24. The number of primary amides is 2. The van der Waals surface area contributed by atoms with Crippen LogP contribution in [0.3, 0.4) is 0 Å². The largest absolute Gasteiger partial charge is 0.369 e. The van der Waals surface area contributed by atoms with E-state index in [0.29, 0.717) is 12.5 Å². The Hall–Kier alpha value is -2.41. The van der Waals surface area contributed by atoms with Crippen molar-refractivity contribution in [2.45, 2.75) is 13.0 Å². The van der Waals surface area contributed by atoms with Crippen molar-refractivity contribution in [1.29, 1.82) is 0 Å². The zero-order chi connectivity index (χ0) is 15.7. The van der Waals surface area contributed by atoms with Gasteiger partial charge < -0.3 is 16.0 Å². The second-order valence-electron chi connectivity index (χ2n) is 5.84. The molecule has 1 aliphatic heterocycles. The fourth-order valence-corrected chi connectivity index (χ4v) is 3.10. The lowest BCUT2D eigenvalue weighted by atomic mass is 9.94. The maximum atomic E-state index is 11.2. The smallest absolute Gasteiger partial charge is 0.237 e. The van der Waals surface area contributed by atoms with Crippen LogP contribution in [0.15, 0.2) is 24.5 Å². The molecule has 1 fully saturated rings. The van der Waals surface area contributed by atoms with Crippen molar-refractivity contribution < 1.29 is 9.59 Å². The minimum Gasteiger partial charge on any atom is -0.369 e. The van der Waals surface area contributed by atoms with Gasteiger partial charge in [0, 0.05) is 30.9 Å². The van der Waals surface area contributed by atoms with Crippen molar-refractivity contribution in [3.63, 3.8) is 0 Å². The second kappa shape index (κ2) is 5.76. The van der Waals surface area contributed by atoms with E-state index in [-0.39, 0.29) is 18.4 Å². The molecule has 2 amide bonds. The topological polar surface area (TPSA) is 107 Å². The van der Waals surface area contributed by atoms with Crippen LogP contribution in [0.5, 0.6) is 0 Å². The van der Waals surface area contributed by atoms with Crippen molar-refractivity contribution in [3.05, 3.63) is 30.2 Å². The molecule has 3 rings (SSSR count). The van der Waals surface area contributed by atoms with Gasteiger partial charge in [-0.1, -0.05) is 0 Å². The van der Waals surface area contributed by atoms with Crippen molar-refractivity contribution in [2.75, 3.05) is 19.6 Å². The zero-order valence-corrected chi connectivity index (χ0v) is 12.2. The third kappa shape index (κ3) is 2.94. The summed E-state index contributed by atoms with van der Waals surface area (Å²) in [4.78, 5) is 28.6. The monoisotopic (exact) mass is 301 g/mol. The van der Waals surface area contributed by atoms with E-state index >= 15 is 0 Å². The first kappa shape index (κ1) is 14.5. The molecule has 0 spiro atoms. The molecule has 116 valence electrons. The van der Waals surface area contributed by atoms with Crippen LogP contribution >= 0.6 is 0 Å². The molecule has 7 nitrogen and oxygen atoms in total. The number of pyridine rings is 1. The number of carbonyl (C=O) groups is 2. The number of fused-ring (bicyclic) bond motifs is 1. The van der Waals surface area contributed by atoms with Crippen LogP contribution in [0.25, 0.3) is 10.9 Å². The van der Waals surface area contributed by atoms with Crippen LogP contribution in [0, 0.1) is 5.92 Å². The number of hydrogen-bond acceptors (Lipinski definition) is 4. The Morgan fingerprint density at radius 1 is 1.18 bits per heavy atom. The molecule has 0 atom stereocenters. The summed E-state index contributed by atoms with van der Waals surface area (Å²) in [5, 5.41) is 1.06. The molecule has 7 heteroatoms. The molecule has 22 heavy (non-hydrogen) atoms. The highest BCUT2D eigenvalue weighted by atomic mass is 16.1. The minimum atomic E-state index is -0.372. The van der Waals surface area contributed by atoms with Crippen molar-refractivity contribution in [1.82, 2.24) is 14.5 Å². The first-order valence-corrected chi connectivity index (χ1v) is 7.24. The van der Waals surface area contributed by atoms with E-state index in [0.717, 1.165) is 36.1 Å². The predicted octanol–water partition coefficient (Wildman–Crippen LogP) is -0.519. The number of aromatic nitrogens is 2. The third-order valence-corrected chi connectivity index (χ3v) is 3.97. The summed E-state index contributed by atoms with van der Waals surface area (Å²) in [5.41, 5.74) is 12.4. The summed E-state index contributed by atoms with van der Waals surface area (Å²) in [5.74, 6) is -0.216. The fraction of sp³-hybridized carbons (Fsp3) is 0.400. The number of carbonyl (C=O) groups excluding carboxylic acids is 2. The Kier molecular flexibility index (Phi) is 3.81. The van der Waals surface area contributed by atoms with E-state index in [1.807, 2.05) is 27.8 Å². The lowest BCUT2D eigenvalue weighted by Crippen LogP contribution is -2.50. The van der Waals surface area contributed by atoms with Gasteiger partial charge in [-0.2, -0.15) is 0 Å². The van der Waals surface area contributed by atoms with Crippen LogP contribution in [-0.4, -0.2) is 45.9 Å². The van der Waals surface area contributed by atoms with Gasteiger partial charge in [-0.3, -0.25) is 19.5 Å². The Bertz CT molecular complexity index is 718. The Balaban J connectivity index is 1.75. The van der Waals surface area contributed by atoms with Gasteiger partial charge in [0.05, 0.1) is 17.8 Å². The van der Waals surface area contributed by atoms with Crippen molar-refractivity contribution in [2.24, 2.45) is 17.4 Å². The van der Waals surface area contributed by atoms with E-state index in [9.17, 15) is 9.59 Å². The van der Waals surface area contributed by atoms with Crippen molar-refractivity contribution in [3.8, 4) is 0 Å². The SMILES string of the molecule is NC(=O)CN1CC(Cc2nccc3ccn(CC(N)=O)c23)C1. The molecule has 0 bridgehead atoms. The summed E-state index contributed by atoms with van der Waals surface area (Å²) >= 11 is 0. The number of likely N-dealkylation sites (tertiary alicyclic amines) is 1.